The van der Waals surface area contributed by atoms with Crippen molar-refractivity contribution in [2.45, 2.75) is 26.7 Å². The molecule has 1 aromatic carbocycles. The molecule has 1 aromatic rings. The van der Waals surface area contributed by atoms with Crippen LogP contribution in [0.5, 0.6) is 0 Å². The SMILES string of the molecule is CNCC1CCCN(CC(=O)Nc2ccc(C)c(C)c2)C1.Cl. The maximum Gasteiger partial charge on any atom is 0.238 e. The zero-order valence-corrected chi connectivity index (χ0v) is 14.6. The molecule has 1 atom stereocenters. The standard InChI is InChI=1S/C17H27N3O.ClH/c1-13-6-7-16(9-14(13)2)19-17(21)12-20-8-4-5-15(11-20)10-18-3;/h6-7,9,15,18H,4-5,8,10-12H2,1-3H3,(H,19,21);1H. The minimum atomic E-state index is 0. The number of carbonyl (C=O) groups is 1. The third-order valence-electron chi connectivity index (χ3n) is 4.25. The molecule has 0 aliphatic carbocycles. The van der Waals surface area contributed by atoms with Gasteiger partial charge in [0.1, 0.15) is 0 Å². The Morgan fingerprint density at radius 3 is 2.77 bits per heavy atom. The molecule has 1 aliphatic heterocycles. The van der Waals surface area contributed by atoms with Crippen molar-refractivity contribution in [2.75, 3.05) is 38.5 Å². The number of anilines is 1. The number of benzene rings is 1. The molecule has 22 heavy (non-hydrogen) atoms. The third-order valence-corrected chi connectivity index (χ3v) is 4.25. The van der Waals surface area contributed by atoms with Gasteiger partial charge in [-0.2, -0.15) is 0 Å². The summed E-state index contributed by atoms with van der Waals surface area (Å²) in [4.78, 5) is 14.4. The Morgan fingerprint density at radius 2 is 2.09 bits per heavy atom. The van der Waals surface area contributed by atoms with E-state index in [9.17, 15) is 4.79 Å². The molecule has 1 saturated heterocycles. The number of amides is 1. The fourth-order valence-electron chi connectivity index (χ4n) is 2.97. The number of aryl methyl sites for hydroxylation is 2. The lowest BCUT2D eigenvalue weighted by atomic mass is 9.98. The molecule has 4 nitrogen and oxygen atoms in total. The number of carbonyl (C=O) groups excluding carboxylic acids is 1. The molecule has 1 fully saturated rings. The van der Waals surface area contributed by atoms with Crippen LogP contribution in [0.15, 0.2) is 18.2 Å². The van der Waals surface area contributed by atoms with Gasteiger partial charge in [0.15, 0.2) is 0 Å². The number of likely N-dealkylation sites (tertiary alicyclic amines) is 1. The van der Waals surface area contributed by atoms with Gasteiger partial charge in [0.25, 0.3) is 0 Å². The van der Waals surface area contributed by atoms with E-state index in [1.54, 1.807) is 0 Å². The molecule has 5 heteroatoms. The first-order valence-electron chi connectivity index (χ1n) is 7.82. The first kappa shape index (κ1) is 18.9. The minimum Gasteiger partial charge on any atom is -0.325 e. The van der Waals surface area contributed by atoms with Crippen LogP contribution in [0.1, 0.15) is 24.0 Å². The molecule has 0 bridgehead atoms. The Kier molecular flexibility index (Phi) is 7.87. The molecule has 2 rings (SSSR count). The summed E-state index contributed by atoms with van der Waals surface area (Å²) in [6, 6.07) is 6.06. The molecule has 1 heterocycles. The average molecular weight is 326 g/mol. The monoisotopic (exact) mass is 325 g/mol. The highest BCUT2D eigenvalue weighted by atomic mass is 35.5. The summed E-state index contributed by atoms with van der Waals surface area (Å²) in [7, 11) is 1.99. The summed E-state index contributed by atoms with van der Waals surface area (Å²) in [6.07, 6.45) is 2.44. The lowest BCUT2D eigenvalue weighted by Gasteiger charge is -2.32. The molecule has 0 spiro atoms. The van der Waals surface area contributed by atoms with Crippen molar-refractivity contribution >= 4 is 24.0 Å². The van der Waals surface area contributed by atoms with E-state index >= 15 is 0 Å². The lowest BCUT2D eigenvalue weighted by Crippen LogP contribution is -2.42. The van der Waals surface area contributed by atoms with Crippen molar-refractivity contribution in [3.8, 4) is 0 Å². The van der Waals surface area contributed by atoms with Gasteiger partial charge in [0.2, 0.25) is 5.91 Å². The Bertz CT molecular complexity index is 491. The maximum absolute atomic E-state index is 12.2. The molecule has 0 saturated carbocycles. The highest BCUT2D eigenvalue weighted by Gasteiger charge is 2.21. The molecule has 1 amide bonds. The topological polar surface area (TPSA) is 44.4 Å². The first-order valence-corrected chi connectivity index (χ1v) is 7.82. The van der Waals surface area contributed by atoms with Crippen LogP contribution in [0.25, 0.3) is 0 Å². The normalized spacial score (nSPS) is 18.6. The highest BCUT2D eigenvalue weighted by Crippen LogP contribution is 2.17. The van der Waals surface area contributed by atoms with Crippen LogP contribution in [0.3, 0.4) is 0 Å². The van der Waals surface area contributed by atoms with Gasteiger partial charge in [-0.15, -0.1) is 12.4 Å². The Hall–Kier alpha value is -1.10. The fourth-order valence-corrected chi connectivity index (χ4v) is 2.97. The summed E-state index contributed by atoms with van der Waals surface area (Å²) in [5.41, 5.74) is 3.35. The van der Waals surface area contributed by atoms with Gasteiger partial charge in [-0.25, -0.2) is 0 Å². The van der Waals surface area contributed by atoms with E-state index < -0.39 is 0 Å². The van der Waals surface area contributed by atoms with Crippen molar-refractivity contribution in [1.29, 1.82) is 0 Å². The smallest absolute Gasteiger partial charge is 0.238 e. The summed E-state index contributed by atoms with van der Waals surface area (Å²) >= 11 is 0. The van der Waals surface area contributed by atoms with Crippen LogP contribution in [-0.4, -0.2) is 44.0 Å². The molecule has 1 aliphatic rings. The summed E-state index contributed by atoms with van der Waals surface area (Å²) in [5, 5.41) is 6.24. The van der Waals surface area contributed by atoms with Gasteiger partial charge in [0.05, 0.1) is 6.54 Å². The first-order chi connectivity index (χ1) is 10.1. The third kappa shape index (κ3) is 5.59. The number of hydrogen-bond acceptors (Lipinski definition) is 3. The molecule has 2 N–H and O–H groups in total. The van der Waals surface area contributed by atoms with Gasteiger partial charge in [0, 0.05) is 12.2 Å². The van der Waals surface area contributed by atoms with Crippen LogP contribution < -0.4 is 10.6 Å². The van der Waals surface area contributed by atoms with Crippen LogP contribution in [-0.2, 0) is 4.79 Å². The maximum atomic E-state index is 12.2. The molecular weight excluding hydrogens is 298 g/mol. The number of hydrogen-bond donors (Lipinski definition) is 2. The number of piperidine rings is 1. The molecule has 1 unspecified atom stereocenters. The average Bonchev–Trinajstić information content (AvgIpc) is 2.43. The second-order valence-electron chi connectivity index (χ2n) is 6.15. The number of rotatable bonds is 5. The van der Waals surface area contributed by atoms with Crippen molar-refractivity contribution in [1.82, 2.24) is 10.2 Å². The van der Waals surface area contributed by atoms with E-state index in [1.165, 1.54) is 24.0 Å². The van der Waals surface area contributed by atoms with Crippen LogP contribution in [0.4, 0.5) is 5.69 Å². The zero-order chi connectivity index (χ0) is 15.2. The van der Waals surface area contributed by atoms with E-state index in [2.05, 4.69) is 35.4 Å². The van der Waals surface area contributed by atoms with E-state index in [0.717, 1.165) is 25.3 Å². The van der Waals surface area contributed by atoms with Crippen LogP contribution in [0, 0.1) is 19.8 Å². The quantitative estimate of drug-likeness (QED) is 0.874. The number of halogens is 1. The Labute approximate surface area is 140 Å². The Morgan fingerprint density at radius 1 is 1.32 bits per heavy atom. The van der Waals surface area contributed by atoms with Gasteiger partial charge >= 0.3 is 0 Å². The van der Waals surface area contributed by atoms with E-state index in [0.29, 0.717) is 12.5 Å². The van der Waals surface area contributed by atoms with Crippen LogP contribution in [0.2, 0.25) is 0 Å². The lowest BCUT2D eigenvalue weighted by molar-refractivity contribution is -0.117. The summed E-state index contributed by atoms with van der Waals surface area (Å²) in [5.74, 6) is 0.751. The highest BCUT2D eigenvalue weighted by molar-refractivity contribution is 5.92. The summed E-state index contributed by atoms with van der Waals surface area (Å²) in [6.45, 7) is 7.72. The summed E-state index contributed by atoms with van der Waals surface area (Å²) < 4.78 is 0. The number of nitrogens with zero attached hydrogens (tertiary/aromatic N) is 1. The van der Waals surface area contributed by atoms with Gasteiger partial charge in [-0.3, -0.25) is 9.69 Å². The van der Waals surface area contributed by atoms with Crippen LogP contribution >= 0.6 is 12.4 Å². The predicted octanol–water partition coefficient (Wildman–Crippen LogP) is 2.60. The van der Waals surface area contributed by atoms with E-state index in [1.807, 2.05) is 19.2 Å². The minimum absolute atomic E-state index is 0. The van der Waals surface area contributed by atoms with E-state index in [-0.39, 0.29) is 18.3 Å². The predicted molar refractivity (Wildman–Crippen MR) is 94.9 cm³/mol. The van der Waals surface area contributed by atoms with Crippen molar-refractivity contribution in [3.63, 3.8) is 0 Å². The van der Waals surface area contributed by atoms with Gasteiger partial charge < -0.3 is 10.6 Å². The Balaban J connectivity index is 0.00000242. The molecule has 0 radical (unpaired) electrons. The van der Waals surface area contributed by atoms with Gasteiger partial charge in [-0.05, 0) is 76.0 Å². The molecule has 0 aromatic heterocycles. The van der Waals surface area contributed by atoms with Crippen molar-refractivity contribution in [2.24, 2.45) is 5.92 Å². The molecule has 124 valence electrons. The zero-order valence-electron chi connectivity index (χ0n) is 13.8. The largest absolute Gasteiger partial charge is 0.325 e. The second kappa shape index (κ2) is 9.13. The molecular formula is C17H28ClN3O. The fraction of sp³-hybridized carbons (Fsp3) is 0.588. The van der Waals surface area contributed by atoms with Crippen molar-refractivity contribution in [3.05, 3.63) is 29.3 Å². The van der Waals surface area contributed by atoms with Gasteiger partial charge in [-0.1, -0.05) is 6.07 Å². The van der Waals surface area contributed by atoms with E-state index in [4.69, 9.17) is 0 Å². The second-order valence-corrected chi connectivity index (χ2v) is 6.15. The van der Waals surface area contributed by atoms with Crippen molar-refractivity contribution < 1.29 is 4.79 Å². The number of nitrogens with one attached hydrogen (secondary N) is 2.